The van der Waals surface area contributed by atoms with E-state index in [0.29, 0.717) is 6.04 Å². The lowest BCUT2D eigenvalue weighted by Crippen LogP contribution is -2.22. The van der Waals surface area contributed by atoms with E-state index in [-0.39, 0.29) is 4.90 Å². The molecule has 1 N–H and O–H groups in total. The lowest BCUT2D eigenvalue weighted by Gasteiger charge is -2.15. The number of hydrogen-bond acceptors (Lipinski definition) is 5. The molecule has 1 aromatic rings. The summed E-state index contributed by atoms with van der Waals surface area (Å²) in [5.74, 6) is 0.745. The van der Waals surface area contributed by atoms with Crippen LogP contribution < -0.4 is 5.32 Å². The quantitative estimate of drug-likeness (QED) is 0.901. The van der Waals surface area contributed by atoms with Crippen molar-refractivity contribution in [2.45, 2.75) is 35.4 Å². The summed E-state index contributed by atoms with van der Waals surface area (Å²) < 4.78 is 25.1. The third-order valence-electron chi connectivity index (χ3n) is 3.58. The first-order valence-corrected chi connectivity index (χ1v) is 9.34. The van der Waals surface area contributed by atoms with Crippen LogP contribution in [0, 0.1) is 0 Å². The van der Waals surface area contributed by atoms with E-state index in [1.807, 2.05) is 11.8 Å². The molecular weight excluding hydrogens is 294 g/mol. The Morgan fingerprint density at radius 3 is 2.60 bits per heavy atom. The first-order chi connectivity index (χ1) is 9.43. The zero-order valence-corrected chi connectivity index (χ0v) is 13.7. The van der Waals surface area contributed by atoms with Gasteiger partial charge in [-0.1, -0.05) is 0 Å². The molecule has 0 aliphatic heterocycles. The Hall–Kier alpha value is -0.790. The molecule has 1 fully saturated rings. The van der Waals surface area contributed by atoms with Crippen LogP contribution in [0.15, 0.2) is 23.2 Å². The summed E-state index contributed by atoms with van der Waals surface area (Å²) in [5.41, 5.74) is 0. The molecule has 1 heterocycles. The number of hydrogen-bond donors (Lipinski definition) is 1. The Morgan fingerprint density at radius 2 is 2.10 bits per heavy atom. The van der Waals surface area contributed by atoms with Gasteiger partial charge in [0.25, 0.3) is 0 Å². The normalized spacial score (nSPS) is 23.2. The van der Waals surface area contributed by atoms with E-state index in [2.05, 4.69) is 16.6 Å². The first kappa shape index (κ1) is 15.6. The van der Waals surface area contributed by atoms with Gasteiger partial charge in [-0.05, 0) is 37.7 Å². The fourth-order valence-corrected chi connectivity index (χ4v) is 3.97. The molecule has 0 saturated heterocycles. The predicted octanol–water partition coefficient (Wildman–Crippen LogP) is 2.03. The van der Waals surface area contributed by atoms with Crippen molar-refractivity contribution in [2.24, 2.45) is 0 Å². The second-order valence-electron chi connectivity index (χ2n) is 5.18. The van der Waals surface area contributed by atoms with Gasteiger partial charge in [-0.25, -0.2) is 17.7 Å². The molecular formula is C13H21N3O2S2. The van der Waals surface area contributed by atoms with Crippen LogP contribution in [0.2, 0.25) is 0 Å². The predicted molar refractivity (Wildman–Crippen MR) is 83.7 cm³/mol. The maximum Gasteiger partial charge on any atom is 0.244 e. The van der Waals surface area contributed by atoms with Crippen molar-refractivity contribution in [1.82, 2.24) is 9.29 Å². The van der Waals surface area contributed by atoms with Gasteiger partial charge in [-0.2, -0.15) is 11.8 Å². The van der Waals surface area contributed by atoms with Crippen LogP contribution in [0.3, 0.4) is 0 Å². The number of nitrogens with zero attached hydrogens (tertiary/aromatic N) is 2. The zero-order valence-electron chi connectivity index (χ0n) is 12.0. The summed E-state index contributed by atoms with van der Waals surface area (Å²) in [4.78, 5) is 4.44. The van der Waals surface area contributed by atoms with Gasteiger partial charge in [-0.15, -0.1) is 0 Å². The number of pyridine rings is 1. The van der Waals surface area contributed by atoms with Crippen LogP contribution in [0.25, 0.3) is 0 Å². The highest BCUT2D eigenvalue weighted by atomic mass is 32.2. The molecule has 0 radical (unpaired) electrons. The molecule has 7 heteroatoms. The molecule has 0 amide bonds. The maximum atomic E-state index is 11.9. The topological polar surface area (TPSA) is 62.3 Å². The fraction of sp³-hybridized carbons (Fsp3) is 0.615. The molecule has 2 atom stereocenters. The Bertz CT molecular complexity index is 543. The highest BCUT2D eigenvalue weighted by Gasteiger charge is 2.24. The number of rotatable bonds is 5. The van der Waals surface area contributed by atoms with Gasteiger partial charge in [0.2, 0.25) is 10.0 Å². The van der Waals surface area contributed by atoms with Crippen molar-refractivity contribution < 1.29 is 8.42 Å². The van der Waals surface area contributed by atoms with Crippen LogP contribution in [-0.4, -0.2) is 49.3 Å². The zero-order chi connectivity index (χ0) is 14.8. The third kappa shape index (κ3) is 3.45. The largest absolute Gasteiger partial charge is 0.367 e. The number of thioether (sulfide) groups is 1. The lowest BCUT2D eigenvalue weighted by atomic mass is 10.2. The summed E-state index contributed by atoms with van der Waals surface area (Å²) in [6.07, 6.45) is 7.07. The lowest BCUT2D eigenvalue weighted by molar-refractivity contribution is 0.520. The summed E-state index contributed by atoms with van der Waals surface area (Å²) in [6.45, 7) is 0. The monoisotopic (exact) mass is 315 g/mol. The molecule has 2 unspecified atom stereocenters. The van der Waals surface area contributed by atoms with Gasteiger partial charge in [0.15, 0.2) is 0 Å². The number of nitrogens with one attached hydrogen (secondary N) is 1. The minimum atomic E-state index is -3.39. The van der Waals surface area contributed by atoms with E-state index in [4.69, 9.17) is 0 Å². The number of sulfonamides is 1. The Kier molecular flexibility index (Phi) is 4.93. The first-order valence-electron chi connectivity index (χ1n) is 6.61. The minimum absolute atomic E-state index is 0.224. The molecule has 1 aliphatic rings. The summed E-state index contributed by atoms with van der Waals surface area (Å²) in [7, 11) is -0.361. The molecule has 1 aliphatic carbocycles. The summed E-state index contributed by atoms with van der Waals surface area (Å²) >= 11 is 1.91. The second kappa shape index (κ2) is 6.32. The van der Waals surface area contributed by atoms with E-state index >= 15 is 0 Å². The number of aromatic nitrogens is 1. The highest BCUT2D eigenvalue weighted by molar-refractivity contribution is 7.99. The van der Waals surface area contributed by atoms with Gasteiger partial charge in [-0.3, -0.25) is 0 Å². The standard InChI is InChI=1S/C13H21N3O2S2/c1-16(2)20(17,18)12-6-7-13(14-9-12)15-10-4-5-11(8-10)19-3/h6-7,9-11H,4-5,8H2,1-3H3,(H,14,15). The van der Waals surface area contributed by atoms with Crippen LogP contribution in [-0.2, 0) is 10.0 Å². The Labute approximate surface area is 125 Å². The highest BCUT2D eigenvalue weighted by Crippen LogP contribution is 2.30. The second-order valence-corrected chi connectivity index (χ2v) is 8.47. The molecule has 0 bridgehead atoms. The Balaban J connectivity index is 2.03. The van der Waals surface area contributed by atoms with Gasteiger partial charge in [0.1, 0.15) is 10.7 Å². The molecule has 20 heavy (non-hydrogen) atoms. The molecule has 112 valence electrons. The van der Waals surface area contributed by atoms with Crippen molar-refractivity contribution >= 4 is 27.6 Å². The van der Waals surface area contributed by atoms with Gasteiger partial charge in [0.05, 0.1) is 0 Å². The smallest absolute Gasteiger partial charge is 0.244 e. The van der Waals surface area contributed by atoms with Crippen molar-refractivity contribution in [1.29, 1.82) is 0 Å². The van der Waals surface area contributed by atoms with Gasteiger partial charge >= 0.3 is 0 Å². The average Bonchev–Trinajstić information content (AvgIpc) is 2.87. The average molecular weight is 315 g/mol. The van der Waals surface area contributed by atoms with Gasteiger partial charge < -0.3 is 5.32 Å². The van der Waals surface area contributed by atoms with Crippen molar-refractivity contribution in [3.05, 3.63) is 18.3 Å². The molecule has 0 aromatic carbocycles. The summed E-state index contributed by atoms with van der Waals surface area (Å²) in [5, 5.41) is 4.10. The van der Waals surface area contributed by atoms with Crippen molar-refractivity contribution in [2.75, 3.05) is 25.7 Å². The minimum Gasteiger partial charge on any atom is -0.367 e. The molecule has 1 saturated carbocycles. The van der Waals surface area contributed by atoms with E-state index in [9.17, 15) is 8.42 Å². The Morgan fingerprint density at radius 1 is 1.35 bits per heavy atom. The summed E-state index contributed by atoms with van der Waals surface area (Å²) in [6, 6.07) is 3.78. The van der Waals surface area contributed by atoms with Gasteiger partial charge in [0, 0.05) is 31.6 Å². The SMILES string of the molecule is CSC1CCC(Nc2ccc(S(=O)(=O)N(C)C)cn2)C1. The maximum absolute atomic E-state index is 11.9. The van der Waals surface area contributed by atoms with Crippen LogP contribution in [0.1, 0.15) is 19.3 Å². The van der Waals surface area contributed by atoms with Crippen LogP contribution in [0.4, 0.5) is 5.82 Å². The number of anilines is 1. The third-order valence-corrected chi connectivity index (χ3v) is 6.48. The van der Waals surface area contributed by atoms with Crippen LogP contribution in [0.5, 0.6) is 0 Å². The van der Waals surface area contributed by atoms with Crippen molar-refractivity contribution in [3.8, 4) is 0 Å². The molecule has 2 rings (SSSR count). The molecule has 5 nitrogen and oxygen atoms in total. The molecule has 1 aromatic heterocycles. The van der Waals surface area contributed by atoms with Crippen LogP contribution >= 0.6 is 11.8 Å². The van der Waals surface area contributed by atoms with Crippen molar-refractivity contribution in [3.63, 3.8) is 0 Å². The van der Waals surface area contributed by atoms with E-state index < -0.39 is 10.0 Å². The fourth-order valence-electron chi connectivity index (χ4n) is 2.32. The van der Waals surface area contributed by atoms with E-state index in [1.165, 1.54) is 31.0 Å². The molecule has 0 spiro atoms. The van der Waals surface area contributed by atoms with E-state index in [1.54, 1.807) is 12.1 Å². The van der Waals surface area contributed by atoms with E-state index in [0.717, 1.165) is 23.9 Å².